The van der Waals surface area contributed by atoms with Crippen molar-refractivity contribution in [3.05, 3.63) is 23.2 Å². The zero-order valence-corrected chi connectivity index (χ0v) is 11.3. The predicted octanol–water partition coefficient (Wildman–Crippen LogP) is 2.83. The van der Waals surface area contributed by atoms with Crippen LogP contribution in [0.5, 0.6) is 0 Å². The quantitative estimate of drug-likeness (QED) is 0.641. The van der Waals surface area contributed by atoms with Crippen LogP contribution in [-0.2, 0) is 4.74 Å². The van der Waals surface area contributed by atoms with Crippen LogP contribution in [0.2, 0.25) is 5.02 Å². The summed E-state index contributed by atoms with van der Waals surface area (Å²) in [4.78, 5) is 12.5. The average molecular weight is 275 g/mol. The second kappa shape index (κ2) is 7.42. The molecular formula is C11H15ClN2O2S. The third-order valence-electron chi connectivity index (χ3n) is 2.00. The van der Waals surface area contributed by atoms with Gasteiger partial charge in [0.25, 0.3) is 0 Å². The van der Waals surface area contributed by atoms with Gasteiger partial charge in [0.15, 0.2) is 0 Å². The number of methoxy groups -OCH3 is 1. The average Bonchev–Trinajstić information content (AvgIpc) is 2.29. The summed E-state index contributed by atoms with van der Waals surface area (Å²) < 4.78 is 4.84. The van der Waals surface area contributed by atoms with Crippen LogP contribution in [0.4, 0.5) is 10.5 Å². The van der Waals surface area contributed by atoms with Crippen LogP contribution < -0.4 is 10.6 Å². The SMILES string of the molecule is COCCNC(=O)Nc1cc(Cl)ccc1SC. The van der Waals surface area contributed by atoms with E-state index in [0.29, 0.717) is 23.9 Å². The Kier molecular flexibility index (Phi) is 6.18. The molecule has 1 rings (SSSR count). The molecule has 0 aromatic heterocycles. The summed E-state index contributed by atoms with van der Waals surface area (Å²) in [5, 5.41) is 6.02. The van der Waals surface area contributed by atoms with Crippen molar-refractivity contribution in [3.63, 3.8) is 0 Å². The molecule has 6 heteroatoms. The van der Waals surface area contributed by atoms with E-state index < -0.39 is 0 Å². The second-order valence-corrected chi connectivity index (χ2v) is 4.50. The molecule has 0 aliphatic rings. The van der Waals surface area contributed by atoms with Gasteiger partial charge >= 0.3 is 6.03 Å². The number of benzene rings is 1. The maximum absolute atomic E-state index is 11.5. The van der Waals surface area contributed by atoms with E-state index in [9.17, 15) is 4.79 Å². The summed E-state index contributed by atoms with van der Waals surface area (Å²) >= 11 is 7.43. The van der Waals surface area contributed by atoms with Gasteiger partial charge in [-0.2, -0.15) is 0 Å². The lowest BCUT2D eigenvalue weighted by Crippen LogP contribution is -2.31. The highest BCUT2D eigenvalue weighted by atomic mass is 35.5. The molecule has 0 bridgehead atoms. The van der Waals surface area contributed by atoms with Gasteiger partial charge in [-0.15, -0.1) is 11.8 Å². The lowest BCUT2D eigenvalue weighted by atomic mass is 10.3. The van der Waals surface area contributed by atoms with Gasteiger partial charge in [0.1, 0.15) is 0 Å². The van der Waals surface area contributed by atoms with E-state index in [0.717, 1.165) is 4.90 Å². The number of nitrogens with one attached hydrogen (secondary N) is 2. The number of thioether (sulfide) groups is 1. The number of halogens is 1. The fourth-order valence-electron chi connectivity index (χ4n) is 1.21. The van der Waals surface area contributed by atoms with Crippen LogP contribution >= 0.6 is 23.4 Å². The Morgan fingerprint density at radius 1 is 1.53 bits per heavy atom. The van der Waals surface area contributed by atoms with Gasteiger partial charge in [-0.1, -0.05) is 11.6 Å². The number of rotatable bonds is 5. The van der Waals surface area contributed by atoms with Crippen molar-refractivity contribution < 1.29 is 9.53 Å². The van der Waals surface area contributed by atoms with Crippen molar-refractivity contribution in [1.82, 2.24) is 5.32 Å². The number of anilines is 1. The molecule has 1 aromatic rings. The van der Waals surface area contributed by atoms with Gasteiger partial charge in [0, 0.05) is 23.6 Å². The third kappa shape index (κ3) is 4.85. The predicted molar refractivity (Wildman–Crippen MR) is 72.1 cm³/mol. The number of ether oxygens (including phenoxy) is 1. The van der Waals surface area contributed by atoms with E-state index >= 15 is 0 Å². The topological polar surface area (TPSA) is 50.4 Å². The molecule has 2 amide bonds. The fourth-order valence-corrected chi connectivity index (χ4v) is 1.92. The van der Waals surface area contributed by atoms with Crippen molar-refractivity contribution in [3.8, 4) is 0 Å². The Balaban J connectivity index is 2.60. The zero-order chi connectivity index (χ0) is 12.7. The van der Waals surface area contributed by atoms with Crippen LogP contribution in [0.15, 0.2) is 23.1 Å². The maximum Gasteiger partial charge on any atom is 0.319 e. The van der Waals surface area contributed by atoms with E-state index in [-0.39, 0.29) is 6.03 Å². The Hall–Kier alpha value is -0.910. The van der Waals surface area contributed by atoms with Gasteiger partial charge in [-0.05, 0) is 24.5 Å². The smallest absolute Gasteiger partial charge is 0.319 e. The van der Waals surface area contributed by atoms with Crippen LogP contribution in [0, 0.1) is 0 Å². The first-order valence-electron chi connectivity index (χ1n) is 5.04. The van der Waals surface area contributed by atoms with Crippen molar-refractivity contribution in [1.29, 1.82) is 0 Å². The van der Waals surface area contributed by atoms with Gasteiger partial charge in [0.2, 0.25) is 0 Å². The molecule has 0 saturated carbocycles. The number of hydrogen-bond donors (Lipinski definition) is 2. The normalized spacial score (nSPS) is 10.1. The highest BCUT2D eigenvalue weighted by Gasteiger charge is 2.06. The molecule has 1 aromatic carbocycles. The lowest BCUT2D eigenvalue weighted by Gasteiger charge is -2.10. The van der Waals surface area contributed by atoms with E-state index in [1.807, 2.05) is 12.3 Å². The van der Waals surface area contributed by atoms with Gasteiger partial charge in [-0.25, -0.2) is 4.79 Å². The molecule has 2 N–H and O–H groups in total. The molecule has 17 heavy (non-hydrogen) atoms. The van der Waals surface area contributed by atoms with Gasteiger partial charge < -0.3 is 15.4 Å². The van der Waals surface area contributed by atoms with E-state index in [1.165, 1.54) is 0 Å². The molecule has 4 nitrogen and oxygen atoms in total. The van der Waals surface area contributed by atoms with Crippen LogP contribution in [-0.4, -0.2) is 32.5 Å². The molecule has 0 radical (unpaired) electrons. The number of carbonyl (C=O) groups excluding carboxylic acids is 1. The first-order valence-corrected chi connectivity index (χ1v) is 6.65. The van der Waals surface area contributed by atoms with E-state index in [2.05, 4.69) is 10.6 Å². The fraction of sp³-hybridized carbons (Fsp3) is 0.364. The van der Waals surface area contributed by atoms with Crippen molar-refractivity contribution in [2.45, 2.75) is 4.90 Å². The number of carbonyl (C=O) groups is 1. The summed E-state index contributed by atoms with van der Waals surface area (Å²) in [7, 11) is 1.59. The van der Waals surface area contributed by atoms with Crippen LogP contribution in [0.1, 0.15) is 0 Å². The highest BCUT2D eigenvalue weighted by Crippen LogP contribution is 2.28. The first-order chi connectivity index (χ1) is 8.17. The Morgan fingerprint density at radius 3 is 2.94 bits per heavy atom. The summed E-state index contributed by atoms with van der Waals surface area (Å²) in [5.74, 6) is 0. The third-order valence-corrected chi connectivity index (χ3v) is 3.03. The van der Waals surface area contributed by atoms with Crippen molar-refractivity contribution in [2.24, 2.45) is 0 Å². The largest absolute Gasteiger partial charge is 0.383 e. The second-order valence-electron chi connectivity index (χ2n) is 3.22. The molecular weight excluding hydrogens is 260 g/mol. The first kappa shape index (κ1) is 14.2. The van der Waals surface area contributed by atoms with Gasteiger partial charge in [0.05, 0.1) is 12.3 Å². The van der Waals surface area contributed by atoms with Gasteiger partial charge in [-0.3, -0.25) is 0 Å². The summed E-state index contributed by atoms with van der Waals surface area (Å²) in [6.07, 6.45) is 1.94. The standard InChI is InChI=1S/C11H15ClN2O2S/c1-16-6-5-13-11(15)14-9-7-8(12)3-4-10(9)17-2/h3-4,7H,5-6H2,1-2H3,(H2,13,14,15). The minimum Gasteiger partial charge on any atom is -0.383 e. The summed E-state index contributed by atoms with van der Waals surface area (Å²) in [6, 6.07) is 5.13. The number of hydrogen-bond acceptors (Lipinski definition) is 3. The minimum atomic E-state index is -0.264. The number of amides is 2. The molecule has 0 saturated heterocycles. The molecule has 0 spiro atoms. The summed E-state index contributed by atoms with van der Waals surface area (Å²) in [5.41, 5.74) is 0.708. The Morgan fingerprint density at radius 2 is 2.29 bits per heavy atom. The summed E-state index contributed by atoms with van der Waals surface area (Å²) in [6.45, 7) is 0.954. The highest BCUT2D eigenvalue weighted by molar-refractivity contribution is 7.98. The molecule has 0 aliphatic heterocycles. The van der Waals surface area contributed by atoms with E-state index in [1.54, 1.807) is 31.0 Å². The Labute approximate surface area is 110 Å². The minimum absolute atomic E-state index is 0.264. The monoisotopic (exact) mass is 274 g/mol. The molecule has 0 aliphatic carbocycles. The maximum atomic E-state index is 11.5. The molecule has 0 fully saturated rings. The van der Waals surface area contributed by atoms with Crippen molar-refractivity contribution in [2.75, 3.05) is 31.8 Å². The van der Waals surface area contributed by atoms with Crippen molar-refractivity contribution >= 4 is 35.1 Å². The molecule has 94 valence electrons. The molecule has 0 heterocycles. The number of urea groups is 1. The van der Waals surface area contributed by atoms with E-state index in [4.69, 9.17) is 16.3 Å². The zero-order valence-electron chi connectivity index (χ0n) is 9.75. The lowest BCUT2D eigenvalue weighted by molar-refractivity contribution is 0.198. The van der Waals surface area contributed by atoms with Crippen LogP contribution in [0.25, 0.3) is 0 Å². The molecule has 0 atom stereocenters. The molecule has 0 unspecified atom stereocenters. The Bertz CT molecular complexity index is 388. The van der Waals surface area contributed by atoms with Crippen LogP contribution in [0.3, 0.4) is 0 Å².